The first kappa shape index (κ1) is 7.03. The first-order chi connectivity index (χ1) is 3.29. The number of nitrogens with zero attached hydrogens (tertiary/aromatic N) is 3. The van der Waals surface area contributed by atoms with Crippen molar-refractivity contribution in [1.29, 1.82) is 0 Å². The van der Waals surface area contributed by atoms with Crippen molar-refractivity contribution >= 4 is 18.2 Å². The Balaban J connectivity index is 0.000000490. The molecule has 0 aromatic carbocycles. The summed E-state index contributed by atoms with van der Waals surface area (Å²) in [5.74, 6) is 5.38. The number of nitrogens with two attached hydrogens (primary N) is 2. The molecule has 4 N–H and O–H groups in total. The van der Waals surface area contributed by atoms with Crippen LogP contribution in [0.15, 0.2) is 6.20 Å². The van der Waals surface area contributed by atoms with Gasteiger partial charge in [-0.15, -0.1) is 17.5 Å². The zero-order valence-corrected chi connectivity index (χ0v) is 4.80. The number of hydrogen-bond donors (Lipinski definition) is 2. The van der Waals surface area contributed by atoms with Crippen LogP contribution in [0.1, 0.15) is 0 Å². The van der Waals surface area contributed by atoms with Crippen molar-refractivity contribution in [3.8, 4) is 0 Å². The third kappa shape index (κ3) is 1.27. The molecule has 0 unspecified atom stereocenters. The van der Waals surface area contributed by atoms with Crippen molar-refractivity contribution in [2.24, 2.45) is 0 Å². The van der Waals surface area contributed by atoms with Crippen LogP contribution in [0.2, 0.25) is 0 Å². The number of hydrogen-bond acceptors (Lipinski definition) is 4. The van der Waals surface area contributed by atoms with Gasteiger partial charge in [0.05, 0.1) is 6.20 Å². The monoisotopic (exact) mass is 135 g/mol. The minimum atomic E-state index is 0. The Morgan fingerprint density at radius 1 is 1.62 bits per heavy atom. The summed E-state index contributed by atoms with van der Waals surface area (Å²) < 4.78 is 0. The van der Waals surface area contributed by atoms with E-state index in [9.17, 15) is 0 Å². The van der Waals surface area contributed by atoms with E-state index in [2.05, 4.69) is 10.3 Å². The molecule has 0 saturated heterocycles. The largest absolute Gasteiger partial charge is 0.381 e. The first-order valence-corrected chi connectivity index (χ1v) is 1.72. The van der Waals surface area contributed by atoms with Crippen LogP contribution in [0.3, 0.4) is 0 Å². The Hall–Kier alpha value is -0.970. The highest BCUT2D eigenvalue weighted by Gasteiger charge is 1.85. The molecule has 8 heavy (non-hydrogen) atoms. The fourth-order valence-electron chi connectivity index (χ4n) is 0.290. The van der Waals surface area contributed by atoms with Crippen LogP contribution >= 0.6 is 12.4 Å². The van der Waals surface area contributed by atoms with Crippen LogP contribution in [0.5, 0.6) is 0 Å². The van der Waals surface area contributed by atoms with E-state index < -0.39 is 0 Å². The van der Waals surface area contributed by atoms with Crippen molar-refractivity contribution in [2.75, 3.05) is 11.6 Å². The second-order valence-electron chi connectivity index (χ2n) is 1.12. The average Bonchev–Trinajstić information content (AvgIpc) is 1.87. The average molecular weight is 136 g/mol. The lowest BCUT2D eigenvalue weighted by atomic mass is 10.8. The third-order valence-corrected chi connectivity index (χ3v) is 0.528. The number of nitrogen functional groups attached to an aromatic ring is 2. The predicted molar refractivity (Wildman–Crippen MR) is 31.8 cm³/mol. The summed E-state index contributed by atoms with van der Waals surface area (Å²) in [7, 11) is 0. The van der Waals surface area contributed by atoms with E-state index in [0.717, 1.165) is 4.79 Å². The Morgan fingerprint density at radius 2 is 2.25 bits per heavy atom. The third-order valence-electron chi connectivity index (χ3n) is 0.528. The van der Waals surface area contributed by atoms with Gasteiger partial charge in [-0.05, 0) is 5.21 Å². The zero-order valence-electron chi connectivity index (χ0n) is 3.98. The molecule has 1 heterocycles. The number of anilines is 1. The van der Waals surface area contributed by atoms with E-state index in [1.807, 2.05) is 0 Å². The van der Waals surface area contributed by atoms with Gasteiger partial charge in [-0.2, -0.15) is 4.79 Å². The summed E-state index contributed by atoms with van der Waals surface area (Å²) in [6.07, 6.45) is 1.42. The maximum Gasteiger partial charge on any atom is 0.168 e. The molecule has 0 saturated carbocycles. The van der Waals surface area contributed by atoms with E-state index in [4.69, 9.17) is 11.6 Å². The van der Waals surface area contributed by atoms with Gasteiger partial charge in [-0.1, -0.05) is 0 Å². The predicted octanol–water partition coefficient (Wildman–Crippen LogP) is -1.00. The molecule has 0 aliphatic rings. The van der Waals surface area contributed by atoms with Gasteiger partial charge in [0.2, 0.25) is 0 Å². The smallest absolute Gasteiger partial charge is 0.168 e. The second kappa shape index (κ2) is 2.37. The van der Waals surface area contributed by atoms with Crippen LogP contribution in [0, 0.1) is 0 Å². The molecule has 1 aromatic heterocycles. The summed E-state index contributed by atoms with van der Waals surface area (Å²) >= 11 is 0. The van der Waals surface area contributed by atoms with Crippen molar-refractivity contribution in [3.63, 3.8) is 0 Å². The normalized spacial score (nSPS) is 8.00. The van der Waals surface area contributed by atoms with Gasteiger partial charge in [0.1, 0.15) is 0 Å². The van der Waals surface area contributed by atoms with Gasteiger partial charge < -0.3 is 11.6 Å². The summed E-state index contributed by atoms with van der Waals surface area (Å²) in [5, 5.41) is 6.72. The Morgan fingerprint density at radius 3 is 2.38 bits per heavy atom. The molecule has 0 fully saturated rings. The lowest BCUT2D eigenvalue weighted by Gasteiger charge is -1.76. The summed E-state index contributed by atoms with van der Waals surface area (Å²) in [6.45, 7) is 0. The zero-order chi connectivity index (χ0) is 5.28. The van der Waals surface area contributed by atoms with Gasteiger partial charge in [0.15, 0.2) is 5.82 Å². The fraction of sp³-hybridized carbons (Fsp3) is 0. The lowest BCUT2D eigenvalue weighted by molar-refractivity contribution is 0.766. The summed E-state index contributed by atoms with van der Waals surface area (Å²) in [4.78, 5) is 1.05. The van der Waals surface area contributed by atoms with Crippen LogP contribution < -0.4 is 11.6 Å². The Labute approximate surface area is 52.0 Å². The number of halogens is 1. The molecule has 5 nitrogen and oxygen atoms in total. The van der Waals surface area contributed by atoms with Gasteiger partial charge in [-0.3, -0.25) is 0 Å². The first-order valence-electron chi connectivity index (χ1n) is 1.72. The van der Waals surface area contributed by atoms with Crippen molar-refractivity contribution < 1.29 is 0 Å². The molecular formula is C2H6ClN5. The maximum absolute atomic E-state index is 5.10. The molecule has 1 aromatic rings. The molecule has 0 atom stereocenters. The lowest BCUT2D eigenvalue weighted by Crippen LogP contribution is -2.07. The molecule has 0 aliphatic carbocycles. The van der Waals surface area contributed by atoms with E-state index in [1.165, 1.54) is 6.20 Å². The van der Waals surface area contributed by atoms with Crippen molar-refractivity contribution in [1.82, 2.24) is 15.1 Å². The van der Waals surface area contributed by atoms with E-state index in [1.54, 1.807) is 0 Å². The molecule has 0 aliphatic heterocycles. The maximum atomic E-state index is 5.10. The summed E-state index contributed by atoms with van der Waals surface area (Å²) in [5.41, 5.74) is 5.10. The van der Waals surface area contributed by atoms with Crippen LogP contribution in [0.25, 0.3) is 0 Å². The van der Waals surface area contributed by atoms with Gasteiger partial charge in [0, 0.05) is 0 Å². The molecule has 0 bridgehead atoms. The number of rotatable bonds is 0. The number of aromatic nitrogens is 3. The van der Waals surface area contributed by atoms with E-state index in [0.29, 0.717) is 5.82 Å². The quantitative estimate of drug-likeness (QED) is 0.447. The highest BCUT2D eigenvalue weighted by atomic mass is 35.5. The molecule has 1 rings (SSSR count). The SMILES string of the molecule is Cl.Nc1cn(N)nn1. The fourth-order valence-corrected chi connectivity index (χ4v) is 0.290. The van der Waals surface area contributed by atoms with E-state index in [-0.39, 0.29) is 12.4 Å². The topological polar surface area (TPSA) is 82.8 Å². The highest BCUT2D eigenvalue weighted by molar-refractivity contribution is 5.85. The minimum absolute atomic E-state index is 0. The van der Waals surface area contributed by atoms with Crippen LogP contribution in [0.4, 0.5) is 5.82 Å². The molecule has 0 radical (unpaired) electrons. The molecule has 46 valence electrons. The van der Waals surface area contributed by atoms with Crippen molar-refractivity contribution in [2.45, 2.75) is 0 Å². The van der Waals surface area contributed by atoms with Gasteiger partial charge >= 0.3 is 0 Å². The molecule has 0 spiro atoms. The standard InChI is InChI=1S/C2H5N5.ClH/c3-2-1-7(4)6-5-2;/h1H,3-4H2;1H. The van der Waals surface area contributed by atoms with Gasteiger partial charge in [0.25, 0.3) is 0 Å². The van der Waals surface area contributed by atoms with Crippen LogP contribution in [-0.2, 0) is 0 Å². The van der Waals surface area contributed by atoms with E-state index >= 15 is 0 Å². The Bertz CT molecular complexity index is 143. The molecule has 6 heteroatoms. The summed E-state index contributed by atoms with van der Waals surface area (Å²) in [6, 6.07) is 0. The Kier molecular flexibility index (Phi) is 2.08. The van der Waals surface area contributed by atoms with Crippen LogP contribution in [-0.4, -0.2) is 15.1 Å². The molecule has 0 amide bonds. The second-order valence-corrected chi connectivity index (χ2v) is 1.12. The van der Waals surface area contributed by atoms with Gasteiger partial charge in [-0.25, -0.2) is 0 Å². The highest BCUT2D eigenvalue weighted by Crippen LogP contribution is 1.84. The van der Waals surface area contributed by atoms with Crippen molar-refractivity contribution in [3.05, 3.63) is 6.20 Å². The minimum Gasteiger partial charge on any atom is -0.381 e. The molecular weight excluding hydrogens is 130 g/mol.